The third kappa shape index (κ3) is 5.76. The summed E-state index contributed by atoms with van der Waals surface area (Å²) in [6, 6.07) is 9.16. The Morgan fingerprint density at radius 3 is 2.73 bits per heavy atom. The van der Waals surface area contributed by atoms with Crippen molar-refractivity contribution >= 4 is 36.4 Å². The topological polar surface area (TPSA) is 68.2 Å². The molecule has 6 nitrogen and oxygen atoms in total. The Morgan fingerprint density at radius 1 is 1.17 bits per heavy atom. The second-order valence-electron chi connectivity index (χ2n) is 8.48. The predicted octanol–water partition coefficient (Wildman–Crippen LogP) is 4.01. The van der Waals surface area contributed by atoms with Gasteiger partial charge in [-0.15, -0.1) is 24.8 Å². The number of amides is 1. The molecule has 2 saturated carbocycles. The molecule has 0 unspecified atom stereocenters. The molecule has 5 rings (SSSR count). The minimum absolute atomic E-state index is 0. The van der Waals surface area contributed by atoms with E-state index in [4.69, 9.17) is 4.74 Å². The molecule has 1 aromatic carbocycles. The number of carbonyl (C=O) groups is 1. The minimum Gasteiger partial charge on any atom is -0.381 e. The van der Waals surface area contributed by atoms with Gasteiger partial charge in [-0.1, -0.05) is 12.1 Å². The summed E-state index contributed by atoms with van der Waals surface area (Å²) >= 11 is 0. The number of carbonyl (C=O) groups excluding carboxylic acids is 1. The summed E-state index contributed by atoms with van der Waals surface area (Å²) in [6.45, 7) is 2.68. The van der Waals surface area contributed by atoms with Gasteiger partial charge in [-0.2, -0.15) is 5.10 Å². The molecule has 2 aliphatic carbocycles. The van der Waals surface area contributed by atoms with Gasteiger partial charge in [0.1, 0.15) is 0 Å². The Labute approximate surface area is 190 Å². The van der Waals surface area contributed by atoms with Gasteiger partial charge in [0.25, 0.3) is 5.91 Å². The van der Waals surface area contributed by atoms with Gasteiger partial charge in [0.05, 0.1) is 11.9 Å². The van der Waals surface area contributed by atoms with Crippen molar-refractivity contribution in [3.05, 3.63) is 47.8 Å². The fourth-order valence-electron chi connectivity index (χ4n) is 4.12. The first kappa shape index (κ1) is 23.1. The van der Waals surface area contributed by atoms with Crippen LogP contribution in [0.3, 0.4) is 0 Å². The standard InChI is InChI=1S/C22H28N4O2.2ClH/c27-22(25-19-12-23-26(14-19)13-15-4-5-15)17-3-1-2-16(10-17)20-11-21(20)24-18-6-8-28-9-7-18;;/h1-3,10,12,14-15,18,20-21,24H,4-9,11,13H2,(H,25,27);2*1H/t20-,21+;;/m0../s1. The molecular weight excluding hydrogens is 423 g/mol. The van der Waals surface area contributed by atoms with Crippen LogP contribution in [0.2, 0.25) is 0 Å². The highest BCUT2D eigenvalue weighted by Gasteiger charge is 2.39. The van der Waals surface area contributed by atoms with Crippen molar-refractivity contribution in [2.75, 3.05) is 18.5 Å². The summed E-state index contributed by atoms with van der Waals surface area (Å²) < 4.78 is 7.37. The van der Waals surface area contributed by atoms with E-state index in [0.717, 1.165) is 50.6 Å². The molecule has 3 aliphatic rings. The molecule has 30 heavy (non-hydrogen) atoms. The normalized spacial score (nSPS) is 23.2. The molecule has 164 valence electrons. The average Bonchev–Trinajstić information content (AvgIpc) is 3.63. The summed E-state index contributed by atoms with van der Waals surface area (Å²) in [6.07, 6.45) is 9.59. The number of nitrogens with zero attached hydrogens (tertiary/aromatic N) is 2. The smallest absolute Gasteiger partial charge is 0.255 e. The highest BCUT2D eigenvalue weighted by atomic mass is 35.5. The molecule has 2 N–H and O–H groups in total. The SMILES string of the molecule is Cl.Cl.O=C(Nc1cnn(CC2CC2)c1)c1cccc([C@@H]2C[C@H]2NC2CCOCC2)c1. The average molecular weight is 453 g/mol. The van der Waals surface area contributed by atoms with E-state index in [-0.39, 0.29) is 30.7 Å². The molecule has 2 aromatic rings. The van der Waals surface area contributed by atoms with Crippen molar-refractivity contribution in [3.8, 4) is 0 Å². The lowest BCUT2D eigenvalue weighted by Crippen LogP contribution is -2.36. The molecule has 0 radical (unpaired) electrons. The van der Waals surface area contributed by atoms with Crippen LogP contribution in [0.1, 0.15) is 53.9 Å². The first-order chi connectivity index (χ1) is 13.7. The van der Waals surface area contributed by atoms with E-state index in [9.17, 15) is 4.79 Å². The zero-order valence-electron chi connectivity index (χ0n) is 17.0. The maximum Gasteiger partial charge on any atom is 0.255 e. The van der Waals surface area contributed by atoms with Crippen molar-refractivity contribution in [1.82, 2.24) is 15.1 Å². The molecule has 3 fully saturated rings. The number of hydrogen-bond acceptors (Lipinski definition) is 4. The maximum absolute atomic E-state index is 12.7. The fraction of sp³-hybridized carbons (Fsp3) is 0.545. The molecule has 0 bridgehead atoms. The van der Waals surface area contributed by atoms with Crippen LogP contribution in [0.15, 0.2) is 36.7 Å². The molecule has 1 aliphatic heterocycles. The summed E-state index contributed by atoms with van der Waals surface area (Å²) in [5, 5.41) is 11.1. The van der Waals surface area contributed by atoms with E-state index < -0.39 is 0 Å². The van der Waals surface area contributed by atoms with Crippen molar-refractivity contribution in [3.63, 3.8) is 0 Å². The minimum atomic E-state index is -0.0672. The number of aromatic nitrogens is 2. The Kier molecular flexibility index (Phi) is 7.80. The lowest BCUT2D eigenvalue weighted by Gasteiger charge is -2.23. The molecule has 8 heteroatoms. The van der Waals surface area contributed by atoms with Crippen LogP contribution in [0, 0.1) is 5.92 Å². The van der Waals surface area contributed by atoms with E-state index >= 15 is 0 Å². The monoisotopic (exact) mass is 452 g/mol. The fourth-order valence-corrected chi connectivity index (χ4v) is 4.12. The lowest BCUT2D eigenvalue weighted by molar-refractivity contribution is 0.0774. The number of hydrogen-bond donors (Lipinski definition) is 2. The Bertz CT molecular complexity index is 849. The Balaban J connectivity index is 0.00000128. The molecule has 1 amide bonds. The zero-order chi connectivity index (χ0) is 18.9. The van der Waals surface area contributed by atoms with E-state index in [1.807, 2.05) is 29.1 Å². The molecule has 1 saturated heterocycles. The number of ether oxygens (including phenoxy) is 1. The zero-order valence-corrected chi connectivity index (χ0v) is 18.6. The molecule has 2 atom stereocenters. The van der Waals surface area contributed by atoms with Gasteiger partial charge in [0.2, 0.25) is 0 Å². The van der Waals surface area contributed by atoms with Gasteiger partial charge < -0.3 is 15.4 Å². The van der Waals surface area contributed by atoms with E-state index in [1.165, 1.54) is 18.4 Å². The highest BCUT2D eigenvalue weighted by molar-refractivity contribution is 6.04. The van der Waals surface area contributed by atoms with Crippen LogP contribution in [0.5, 0.6) is 0 Å². The summed E-state index contributed by atoms with van der Waals surface area (Å²) in [7, 11) is 0. The van der Waals surface area contributed by atoms with Crippen molar-refractivity contribution in [2.45, 2.75) is 56.7 Å². The second kappa shape index (κ2) is 10.1. The van der Waals surface area contributed by atoms with E-state index in [2.05, 4.69) is 21.8 Å². The number of halogens is 2. The molecule has 2 heterocycles. The van der Waals surface area contributed by atoms with E-state index in [1.54, 1.807) is 6.20 Å². The first-order valence-electron chi connectivity index (χ1n) is 10.5. The van der Waals surface area contributed by atoms with Crippen LogP contribution in [0.25, 0.3) is 0 Å². The van der Waals surface area contributed by atoms with Crippen molar-refractivity contribution in [1.29, 1.82) is 0 Å². The number of anilines is 1. The van der Waals surface area contributed by atoms with Crippen LogP contribution in [-0.4, -0.2) is 41.0 Å². The number of nitrogens with one attached hydrogen (secondary N) is 2. The predicted molar refractivity (Wildman–Crippen MR) is 122 cm³/mol. The number of rotatable bonds is 7. The van der Waals surface area contributed by atoms with Gasteiger partial charge in [0, 0.05) is 49.5 Å². The van der Waals surface area contributed by atoms with Crippen molar-refractivity contribution < 1.29 is 9.53 Å². The third-order valence-corrected chi connectivity index (χ3v) is 6.07. The largest absolute Gasteiger partial charge is 0.381 e. The molecule has 0 spiro atoms. The third-order valence-electron chi connectivity index (χ3n) is 6.07. The summed E-state index contributed by atoms with van der Waals surface area (Å²) in [5.74, 6) is 1.21. The number of benzene rings is 1. The van der Waals surface area contributed by atoms with Gasteiger partial charge in [-0.05, 0) is 55.7 Å². The van der Waals surface area contributed by atoms with Gasteiger partial charge in [-0.25, -0.2) is 0 Å². The second-order valence-corrected chi connectivity index (χ2v) is 8.48. The van der Waals surface area contributed by atoms with E-state index in [0.29, 0.717) is 23.6 Å². The van der Waals surface area contributed by atoms with Crippen LogP contribution < -0.4 is 10.6 Å². The summed E-state index contributed by atoms with van der Waals surface area (Å²) in [5.41, 5.74) is 2.73. The Hall–Kier alpha value is -1.60. The van der Waals surface area contributed by atoms with Crippen LogP contribution in [-0.2, 0) is 11.3 Å². The first-order valence-corrected chi connectivity index (χ1v) is 10.5. The molecule has 1 aromatic heterocycles. The highest BCUT2D eigenvalue weighted by Crippen LogP contribution is 2.41. The van der Waals surface area contributed by atoms with Gasteiger partial charge in [-0.3, -0.25) is 9.48 Å². The maximum atomic E-state index is 12.7. The quantitative estimate of drug-likeness (QED) is 0.665. The van der Waals surface area contributed by atoms with Crippen LogP contribution >= 0.6 is 24.8 Å². The van der Waals surface area contributed by atoms with Gasteiger partial charge >= 0.3 is 0 Å². The Morgan fingerprint density at radius 2 is 1.97 bits per heavy atom. The summed E-state index contributed by atoms with van der Waals surface area (Å²) in [4.78, 5) is 12.7. The lowest BCUT2D eigenvalue weighted by atomic mass is 10.1. The van der Waals surface area contributed by atoms with Crippen LogP contribution in [0.4, 0.5) is 5.69 Å². The van der Waals surface area contributed by atoms with Crippen molar-refractivity contribution in [2.24, 2.45) is 5.92 Å². The van der Waals surface area contributed by atoms with Gasteiger partial charge in [0.15, 0.2) is 0 Å². The molecular formula is C22H30Cl2N4O2.